The molecular formula is C10H22N2. The summed E-state index contributed by atoms with van der Waals surface area (Å²) in [6.45, 7) is 13.7. The van der Waals surface area contributed by atoms with E-state index in [0.717, 1.165) is 13.1 Å². The third kappa shape index (κ3) is 1.99. The average molecular weight is 170 g/mol. The molecule has 1 fully saturated rings. The monoisotopic (exact) mass is 170 g/mol. The molecule has 2 N–H and O–H groups in total. The van der Waals surface area contributed by atoms with E-state index in [-0.39, 0.29) is 5.54 Å². The molecule has 2 heteroatoms. The second kappa shape index (κ2) is 3.00. The highest BCUT2D eigenvalue weighted by Gasteiger charge is 2.35. The van der Waals surface area contributed by atoms with Crippen LogP contribution in [0.1, 0.15) is 34.6 Å². The SMILES string of the molecule is CC(C)(C)C(C)(C)NC1CNC1. The summed E-state index contributed by atoms with van der Waals surface area (Å²) in [5, 5.41) is 6.94. The van der Waals surface area contributed by atoms with Crippen LogP contribution in [0.4, 0.5) is 0 Å². The van der Waals surface area contributed by atoms with Crippen molar-refractivity contribution < 1.29 is 0 Å². The molecule has 0 aromatic carbocycles. The zero-order chi connectivity index (χ0) is 9.41. The van der Waals surface area contributed by atoms with E-state index in [4.69, 9.17) is 0 Å². The van der Waals surface area contributed by atoms with Crippen molar-refractivity contribution in [2.24, 2.45) is 5.41 Å². The molecule has 0 radical (unpaired) electrons. The summed E-state index contributed by atoms with van der Waals surface area (Å²) in [6, 6.07) is 0.680. The minimum Gasteiger partial charge on any atom is -0.314 e. The molecule has 0 unspecified atom stereocenters. The van der Waals surface area contributed by atoms with E-state index in [1.807, 2.05) is 0 Å². The van der Waals surface area contributed by atoms with Crippen LogP contribution in [0.15, 0.2) is 0 Å². The van der Waals surface area contributed by atoms with Crippen LogP contribution in [0.25, 0.3) is 0 Å². The van der Waals surface area contributed by atoms with Gasteiger partial charge in [0.15, 0.2) is 0 Å². The summed E-state index contributed by atoms with van der Waals surface area (Å²) in [6.07, 6.45) is 0. The molecule has 0 amide bonds. The lowest BCUT2D eigenvalue weighted by Gasteiger charge is -2.45. The fourth-order valence-corrected chi connectivity index (χ4v) is 1.12. The van der Waals surface area contributed by atoms with Crippen molar-refractivity contribution >= 4 is 0 Å². The van der Waals surface area contributed by atoms with Crippen LogP contribution in [-0.4, -0.2) is 24.7 Å². The van der Waals surface area contributed by atoms with Crippen molar-refractivity contribution in [1.29, 1.82) is 0 Å². The molecule has 1 rings (SSSR count). The Balaban J connectivity index is 2.46. The van der Waals surface area contributed by atoms with Gasteiger partial charge >= 0.3 is 0 Å². The summed E-state index contributed by atoms with van der Waals surface area (Å²) in [5.74, 6) is 0. The van der Waals surface area contributed by atoms with Crippen LogP contribution in [0.3, 0.4) is 0 Å². The molecule has 72 valence electrons. The molecule has 0 aliphatic carbocycles. The highest BCUT2D eigenvalue weighted by molar-refractivity contribution is 4.95. The van der Waals surface area contributed by atoms with E-state index < -0.39 is 0 Å². The molecule has 1 heterocycles. The zero-order valence-corrected chi connectivity index (χ0v) is 8.99. The third-order valence-corrected chi connectivity index (χ3v) is 3.22. The van der Waals surface area contributed by atoms with Gasteiger partial charge in [-0.2, -0.15) is 0 Å². The van der Waals surface area contributed by atoms with Crippen molar-refractivity contribution in [3.05, 3.63) is 0 Å². The molecule has 0 aromatic rings. The van der Waals surface area contributed by atoms with Crippen molar-refractivity contribution in [2.75, 3.05) is 13.1 Å². The molecule has 0 spiro atoms. The quantitative estimate of drug-likeness (QED) is 0.654. The van der Waals surface area contributed by atoms with Gasteiger partial charge in [-0.05, 0) is 19.3 Å². The summed E-state index contributed by atoms with van der Waals surface area (Å²) < 4.78 is 0. The standard InChI is InChI=1S/C10H22N2/c1-9(2,3)10(4,5)12-8-6-11-7-8/h8,11-12H,6-7H2,1-5H3. The van der Waals surface area contributed by atoms with Gasteiger partial charge in [0, 0.05) is 24.7 Å². The maximum Gasteiger partial charge on any atom is 0.0322 e. The van der Waals surface area contributed by atoms with Gasteiger partial charge in [-0.3, -0.25) is 0 Å². The Hall–Kier alpha value is -0.0800. The van der Waals surface area contributed by atoms with Gasteiger partial charge < -0.3 is 10.6 Å². The Labute approximate surface area is 76.1 Å². The van der Waals surface area contributed by atoms with E-state index in [1.165, 1.54) is 0 Å². The van der Waals surface area contributed by atoms with Gasteiger partial charge in [-0.1, -0.05) is 20.8 Å². The maximum absolute atomic E-state index is 3.67. The normalized spacial score (nSPS) is 20.8. The Morgan fingerprint density at radius 1 is 1.08 bits per heavy atom. The fourth-order valence-electron chi connectivity index (χ4n) is 1.12. The lowest BCUT2D eigenvalue weighted by Crippen LogP contribution is -2.64. The smallest absolute Gasteiger partial charge is 0.0322 e. The van der Waals surface area contributed by atoms with Crippen LogP contribution >= 0.6 is 0 Å². The number of nitrogens with one attached hydrogen (secondary N) is 2. The topological polar surface area (TPSA) is 24.1 Å². The minimum absolute atomic E-state index is 0.222. The molecule has 0 saturated carbocycles. The third-order valence-electron chi connectivity index (χ3n) is 3.22. The summed E-state index contributed by atoms with van der Waals surface area (Å²) >= 11 is 0. The first-order chi connectivity index (χ1) is 5.33. The van der Waals surface area contributed by atoms with Crippen LogP contribution in [0.5, 0.6) is 0 Å². The van der Waals surface area contributed by atoms with Crippen LogP contribution in [0, 0.1) is 5.41 Å². The average Bonchev–Trinajstić information content (AvgIpc) is 1.76. The van der Waals surface area contributed by atoms with Crippen molar-refractivity contribution in [2.45, 2.75) is 46.2 Å². The Morgan fingerprint density at radius 3 is 1.83 bits per heavy atom. The summed E-state index contributed by atoms with van der Waals surface area (Å²) in [7, 11) is 0. The molecule has 1 aliphatic heterocycles. The van der Waals surface area contributed by atoms with Gasteiger partial charge in [0.2, 0.25) is 0 Å². The molecule has 0 bridgehead atoms. The van der Waals surface area contributed by atoms with Crippen LogP contribution in [-0.2, 0) is 0 Å². The predicted molar refractivity (Wildman–Crippen MR) is 53.3 cm³/mol. The first kappa shape index (κ1) is 10.0. The maximum atomic E-state index is 3.67. The fraction of sp³-hybridized carbons (Fsp3) is 1.00. The molecule has 0 atom stereocenters. The first-order valence-electron chi connectivity index (χ1n) is 4.81. The van der Waals surface area contributed by atoms with Crippen molar-refractivity contribution in [3.63, 3.8) is 0 Å². The lowest BCUT2D eigenvalue weighted by atomic mass is 9.75. The van der Waals surface area contributed by atoms with Crippen molar-refractivity contribution in [1.82, 2.24) is 10.6 Å². The van der Waals surface area contributed by atoms with E-state index in [2.05, 4.69) is 45.3 Å². The first-order valence-corrected chi connectivity index (χ1v) is 4.81. The van der Waals surface area contributed by atoms with Gasteiger partial charge in [0.25, 0.3) is 0 Å². The predicted octanol–water partition coefficient (Wildman–Crippen LogP) is 1.37. The van der Waals surface area contributed by atoms with E-state index >= 15 is 0 Å². The van der Waals surface area contributed by atoms with E-state index in [9.17, 15) is 0 Å². The van der Waals surface area contributed by atoms with Crippen LogP contribution in [0.2, 0.25) is 0 Å². The van der Waals surface area contributed by atoms with Gasteiger partial charge in [0.05, 0.1) is 0 Å². The minimum atomic E-state index is 0.222. The van der Waals surface area contributed by atoms with Gasteiger partial charge in [-0.15, -0.1) is 0 Å². The van der Waals surface area contributed by atoms with Crippen molar-refractivity contribution in [3.8, 4) is 0 Å². The zero-order valence-electron chi connectivity index (χ0n) is 8.99. The molecule has 2 nitrogen and oxygen atoms in total. The number of hydrogen-bond donors (Lipinski definition) is 2. The summed E-state index contributed by atoms with van der Waals surface area (Å²) in [4.78, 5) is 0. The summed E-state index contributed by atoms with van der Waals surface area (Å²) in [5.41, 5.74) is 0.544. The number of hydrogen-bond acceptors (Lipinski definition) is 2. The molecule has 1 saturated heterocycles. The Kier molecular flexibility index (Phi) is 2.50. The Bertz CT molecular complexity index is 152. The van der Waals surface area contributed by atoms with Gasteiger partial charge in [-0.25, -0.2) is 0 Å². The van der Waals surface area contributed by atoms with E-state index in [0.29, 0.717) is 11.5 Å². The number of rotatable bonds is 2. The molecule has 0 aromatic heterocycles. The van der Waals surface area contributed by atoms with Crippen LogP contribution < -0.4 is 10.6 Å². The second-order valence-corrected chi connectivity index (χ2v) is 5.37. The van der Waals surface area contributed by atoms with Gasteiger partial charge in [0.1, 0.15) is 0 Å². The lowest BCUT2D eigenvalue weighted by molar-refractivity contribution is 0.141. The molecular weight excluding hydrogens is 148 g/mol. The largest absolute Gasteiger partial charge is 0.314 e. The van der Waals surface area contributed by atoms with E-state index in [1.54, 1.807) is 0 Å². The highest BCUT2D eigenvalue weighted by Crippen LogP contribution is 2.29. The second-order valence-electron chi connectivity index (χ2n) is 5.37. The Morgan fingerprint density at radius 2 is 1.58 bits per heavy atom. The molecule has 12 heavy (non-hydrogen) atoms. The molecule has 1 aliphatic rings. The highest BCUT2D eigenvalue weighted by atomic mass is 15.1.